The summed E-state index contributed by atoms with van der Waals surface area (Å²) in [5, 5.41) is 2.28. The number of allylic oxidation sites excluding steroid dienone is 4. The fourth-order valence-corrected chi connectivity index (χ4v) is 1.50. The molecule has 0 fully saturated rings. The van der Waals surface area contributed by atoms with Gasteiger partial charge in [0.2, 0.25) is 6.41 Å². The number of hydrogen-bond acceptors (Lipinski definition) is 3. The number of ether oxygens (including phenoxy) is 1. The van der Waals surface area contributed by atoms with Crippen LogP contribution in [0.15, 0.2) is 41.7 Å². The van der Waals surface area contributed by atoms with Crippen molar-refractivity contribution in [2.75, 3.05) is 0 Å². The summed E-state index contributed by atoms with van der Waals surface area (Å²) in [6, 6.07) is 3.38. The highest BCUT2D eigenvalue weighted by Gasteiger charge is 2.09. The molecule has 5 heteroatoms. The van der Waals surface area contributed by atoms with Gasteiger partial charge in [-0.25, -0.2) is 4.39 Å². The fourth-order valence-electron chi connectivity index (χ4n) is 1.50. The molecule has 0 unspecified atom stereocenters. The molecule has 1 aliphatic rings. The Kier molecular flexibility index (Phi) is 3.94. The first kappa shape index (κ1) is 12.8. The van der Waals surface area contributed by atoms with Gasteiger partial charge in [0, 0.05) is 24.0 Å². The number of pyridine rings is 1. The molecule has 0 saturated carbocycles. The Balaban J connectivity index is 2.22. The van der Waals surface area contributed by atoms with Crippen molar-refractivity contribution in [2.24, 2.45) is 0 Å². The van der Waals surface area contributed by atoms with Crippen LogP contribution in [0.4, 0.5) is 4.39 Å². The predicted octanol–water partition coefficient (Wildman–Crippen LogP) is 1.99. The second-order valence-corrected chi connectivity index (χ2v) is 3.81. The molecule has 2 rings (SSSR count). The van der Waals surface area contributed by atoms with Crippen LogP contribution in [0.5, 0.6) is 5.75 Å². The molecule has 1 amide bonds. The quantitative estimate of drug-likeness (QED) is 0.663. The third kappa shape index (κ3) is 3.42. The Hall–Kier alpha value is -2.61. The van der Waals surface area contributed by atoms with Gasteiger partial charge in [-0.1, -0.05) is 5.92 Å². The van der Waals surface area contributed by atoms with E-state index in [-0.39, 0.29) is 17.9 Å². The number of nitrogens with zero attached hydrogens (tertiary/aromatic N) is 1. The molecular formula is C14H11FN2O2. The van der Waals surface area contributed by atoms with Gasteiger partial charge in [0.15, 0.2) is 5.76 Å². The first-order valence-corrected chi connectivity index (χ1v) is 5.59. The highest BCUT2D eigenvalue weighted by Crippen LogP contribution is 2.18. The maximum atomic E-state index is 13.7. The predicted molar refractivity (Wildman–Crippen MR) is 67.4 cm³/mol. The zero-order valence-corrected chi connectivity index (χ0v) is 10.2. The van der Waals surface area contributed by atoms with Gasteiger partial charge in [-0.05, 0) is 18.9 Å². The highest BCUT2D eigenvalue weighted by atomic mass is 19.1. The van der Waals surface area contributed by atoms with E-state index in [1.807, 2.05) is 6.92 Å². The van der Waals surface area contributed by atoms with E-state index in [2.05, 4.69) is 22.1 Å². The monoisotopic (exact) mass is 258 g/mol. The van der Waals surface area contributed by atoms with Crippen molar-refractivity contribution in [3.05, 3.63) is 47.4 Å². The Morgan fingerprint density at radius 2 is 2.42 bits per heavy atom. The first-order chi connectivity index (χ1) is 9.19. The molecular weight excluding hydrogens is 247 g/mol. The van der Waals surface area contributed by atoms with Gasteiger partial charge in [-0.3, -0.25) is 9.78 Å². The molecule has 0 spiro atoms. The van der Waals surface area contributed by atoms with Gasteiger partial charge in [-0.15, -0.1) is 0 Å². The number of amides is 1. The minimum Gasteiger partial charge on any atom is -0.448 e. The number of halogens is 1. The van der Waals surface area contributed by atoms with Gasteiger partial charge in [0.1, 0.15) is 11.6 Å². The number of hydrogen-bond donors (Lipinski definition) is 1. The van der Waals surface area contributed by atoms with Crippen LogP contribution >= 0.6 is 0 Å². The number of carbonyl (C=O) groups is 1. The van der Waals surface area contributed by atoms with Gasteiger partial charge in [0.25, 0.3) is 0 Å². The zero-order valence-electron chi connectivity index (χ0n) is 10.2. The lowest BCUT2D eigenvalue weighted by Crippen LogP contribution is -2.10. The lowest BCUT2D eigenvalue weighted by atomic mass is 10.3. The molecule has 1 aromatic rings. The van der Waals surface area contributed by atoms with E-state index in [0.717, 1.165) is 11.8 Å². The van der Waals surface area contributed by atoms with Crippen LogP contribution in [-0.4, -0.2) is 11.4 Å². The molecule has 1 aromatic heterocycles. The Morgan fingerprint density at radius 1 is 1.58 bits per heavy atom. The standard InChI is InChI=1S/C14H11FN2O2/c1-10-7-12(5-6-16-10)19-11-3-2-4-14(17-9-18)13(15)8-11/h5-9H,4H2,1H3,(H,17,18). The number of carbonyl (C=O) groups excluding carboxylic acids is 1. The van der Waals surface area contributed by atoms with Gasteiger partial charge < -0.3 is 10.1 Å². The van der Waals surface area contributed by atoms with E-state index in [4.69, 9.17) is 4.74 Å². The number of aryl methyl sites for hydroxylation is 1. The Labute approximate surface area is 110 Å². The average Bonchev–Trinajstić information content (AvgIpc) is 2.53. The Bertz CT molecular complexity index is 624. The largest absolute Gasteiger partial charge is 0.448 e. The van der Waals surface area contributed by atoms with Crippen molar-refractivity contribution in [1.82, 2.24) is 10.3 Å². The fraction of sp³-hybridized carbons (Fsp3) is 0.143. The van der Waals surface area contributed by atoms with E-state index < -0.39 is 5.83 Å². The number of rotatable bonds is 4. The lowest BCUT2D eigenvalue weighted by molar-refractivity contribution is -0.109. The summed E-state index contributed by atoms with van der Waals surface area (Å²) < 4.78 is 19.2. The van der Waals surface area contributed by atoms with Crippen molar-refractivity contribution in [1.29, 1.82) is 0 Å². The van der Waals surface area contributed by atoms with Crippen molar-refractivity contribution in [3.63, 3.8) is 0 Å². The third-order valence-electron chi connectivity index (χ3n) is 2.35. The summed E-state index contributed by atoms with van der Waals surface area (Å²) in [4.78, 5) is 14.4. The van der Waals surface area contributed by atoms with Gasteiger partial charge >= 0.3 is 0 Å². The van der Waals surface area contributed by atoms with Crippen LogP contribution in [-0.2, 0) is 4.79 Å². The van der Waals surface area contributed by atoms with Crippen LogP contribution in [0, 0.1) is 18.8 Å². The molecule has 96 valence electrons. The lowest BCUT2D eigenvalue weighted by Gasteiger charge is -2.04. The maximum Gasteiger partial charge on any atom is 0.211 e. The van der Waals surface area contributed by atoms with Crippen LogP contribution in [0.3, 0.4) is 0 Å². The zero-order chi connectivity index (χ0) is 13.7. The summed E-state index contributed by atoms with van der Waals surface area (Å²) in [5.41, 5.74) is 0.922. The van der Waals surface area contributed by atoms with Gasteiger partial charge in [0.05, 0.1) is 12.1 Å². The SMILES string of the molecule is Cc1cc(OC2=CC(F)=C(NC=O)CC#C2)ccn1. The molecule has 1 aliphatic carbocycles. The normalized spacial score (nSPS) is 13.9. The van der Waals surface area contributed by atoms with Crippen molar-refractivity contribution >= 4 is 6.41 Å². The van der Waals surface area contributed by atoms with E-state index in [1.165, 1.54) is 0 Å². The second-order valence-electron chi connectivity index (χ2n) is 3.81. The van der Waals surface area contributed by atoms with E-state index in [1.54, 1.807) is 18.3 Å². The number of aromatic nitrogens is 1. The highest BCUT2D eigenvalue weighted by molar-refractivity contribution is 5.52. The van der Waals surface area contributed by atoms with Crippen molar-refractivity contribution in [3.8, 4) is 17.6 Å². The Morgan fingerprint density at radius 3 is 3.16 bits per heavy atom. The van der Waals surface area contributed by atoms with Crippen molar-refractivity contribution < 1.29 is 13.9 Å². The molecule has 1 heterocycles. The van der Waals surface area contributed by atoms with Crippen LogP contribution < -0.4 is 10.1 Å². The van der Waals surface area contributed by atoms with E-state index in [0.29, 0.717) is 12.2 Å². The molecule has 1 N–H and O–H groups in total. The summed E-state index contributed by atoms with van der Waals surface area (Å²) in [7, 11) is 0. The van der Waals surface area contributed by atoms with Crippen molar-refractivity contribution in [2.45, 2.75) is 13.3 Å². The van der Waals surface area contributed by atoms with Crippen LogP contribution in [0.2, 0.25) is 0 Å². The average molecular weight is 258 g/mol. The molecule has 0 aromatic carbocycles. The molecule has 0 radical (unpaired) electrons. The van der Waals surface area contributed by atoms with E-state index >= 15 is 0 Å². The minimum absolute atomic E-state index is 0.128. The summed E-state index contributed by atoms with van der Waals surface area (Å²) >= 11 is 0. The van der Waals surface area contributed by atoms with Crippen LogP contribution in [0.25, 0.3) is 0 Å². The summed E-state index contributed by atoms with van der Waals surface area (Å²) in [6.07, 6.45) is 3.30. The minimum atomic E-state index is -0.578. The topological polar surface area (TPSA) is 51.2 Å². The molecule has 0 bridgehead atoms. The summed E-state index contributed by atoms with van der Waals surface area (Å²) in [6.45, 7) is 1.83. The first-order valence-electron chi connectivity index (χ1n) is 5.59. The third-order valence-corrected chi connectivity index (χ3v) is 2.35. The molecule has 4 nitrogen and oxygen atoms in total. The van der Waals surface area contributed by atoms with Crippen LogP contribution in [0.1, 0.15) is 12.1 Å². The van der Waals surface area contributed by atoms with E-state index in [9.17, 15) is 9.18 Å². The molecule has 19 heavy (non-hydrogen) atoms. The smallest absolute Gasteiger partial charge is 0.211 e. The summed E-state index contributed by atoms with van der Waals surface area (Å²) in [5.74, 6) is 5.56. The second kappa shape index (κ2) is 5.83. The number of nitrogens with one attached hydrogen (secondary N) is 1. The molecule has 0 saturated heterocycles. The molecule has 0 atom stereocenters. The maximum absolute atomic E-state index is 13.7. The van der Waals surface area contributed by atoms with Gasteiger partial charge in [-0.2, -0.15) is 0 Å². The molecule has 0 aliphatic heterocycles.